The zero-order chi connectivity index (χ0) is 21.7. The molecule has 2 aromatic rings. The molecule has 0 radical (unpaired) electrons. The fourth-order valence-electron chi connectivity index (χ4n) is 3.75. The van der Waals surface area contributed by atoms with Crippen LogP contribution in [-0.2, 0) is 22.5 Å². The molecule has 1 saturated heterocycles. The Balaban J connectivity index is 1.54. The first kappa shape index (κ1) is 22.7. The number of carbonyl (C=O) groups is 2. The number of thiophene rings is 1. The number of rotatable bonds is 7. The smallest absolute Gasteiger partial charge is 0.341 e. The molecule has 1 N–H and O–H groups in total. The van der Waals surface area contributed by atoms with Gasteiger partial charge in [0, 0.05) is 42.6 Å². The average Bonchev–Trinajstić information content (AvgIpc) is 3.05. The van der Waals surface area contributed by atoms with Crippen LogP contribution in [0, 0.1) is 6.92 Å². The normalized spacial score (nSPS) is 15.2. The van der Waals surface area contributed by atoms with Crippen LogP contribution in [0.4, 0.5) is 5.00 Å². The number of hydrogen-bond acceptors (Lipinski definition) is 6. The van der Waals surface area contributed by atoms with Crippen LogP contribution in [0.5, 0.6) is 0 Å². The molecule has 2 heterocycles. The number of hydrogen-bond donors (Lipinski definition) is 1. The van der Waals surface area contributed by atoms with Gasteiger partial charge in [-0.3, -0.25) is 14.6 Å². The monoisotopic (exact) mass is 449 g/mol. The molecule has 0 unspecified atom stereocenters. The molecule has 0 aliphatic carbocycles. The van der Waals surface area contributed by atoms with E-state index in [-0.39, 0.29) is 5.91 Å². The van der Waals surface area contributed by atoms with E-state index < -0.39 is 5.97 Å². The fraction of sp³-hybridized carbons (Fsp3) is 0.455. The molecule has 1 aromatic heterocycles. The van der Waals surface area contributed by atoms with Gasteiger partial charge in [0.2, 0.25) is 5.91 Å². The van der Waals surface area contributed by atoms with Crippen LogP contribution < -0.4 is 5.32 Å². The Kier molecular flexibility index (Phi) is 7.88. The van der Waals surface area contributed by atoms with Crippen LogP contribution in [-0.4, -0.2) is 61.5 Å². The molecule has 0 atom stereocenters. The number of piperazine rings is 1. The van der Waals surface area contributed by atoms with Crippen molar-refractivity contribution in [1.29, 1.82) is 0 Å². The van der Waals surface area contributed by atoms with Gasteiger partial charge in [-0.15, -0.1) is 11.3 Å². The van der Waals surface area contributed by atoms with Crippen molar-refractivity contribution in [3.63, 3.8) is 0 Å². The molecule has 6 nitrogen and oxygen atoms in total. The van der Waals surface area contributed by atoms with E-state index in [0.29, 0.717) is 17.1 Å². The summed E-state index contributed by atoms with van der Waals surface area (Å²) in [6, 6.07) is 7.90. The number of nitrogens with one attached hydrogen (secondary N) is 1. The minimum Gasteiger partial charge on any atom is -0.465 e. The van der Waals surface area contributed by atoms with Gasteiger partial charge in [0.15, 0.2) is 0 Å². The lowest BCUT2D eigenvalue weighted by molar-refractivity contribution is -0.117. The number of aryl methyl sites for hydroxylation is 1. The van der Waals surface area contributed by atoms with Crippen LogP contribution in [0.3, 0.4) is 0 Å². The van der Waals surface area contributed by atoms with Gasteiger partial charge in [0.25, 0.3) is 0 Å². The van der Waals surface area contributed by atoms with Crippen LogP contribution >= 0.6 is 22.9 Å². The Morgan fingerprint density at radius 1 is 1.17 bits per heavy atom. The largest absolute Gasteiger partial charge is 0.465 e. The predicted octanol–water partition coefficient (Wildman–Crippen LogP) is 3.82. The molecule has 0 saturated carbocycles. The van der Waals surface area contributed by atoms with Crippen molar-refractivity contribution in [3.8, 4) is 0 Å². The van der Waals surface area contributed by atoms with Crippen LogP contribution in [0.2, 0.25) is 5.02 Å². The molecule has 1 fully saturated rings. The lowest BCUT2D eigenvalue weighted by atomic mass is 10.1. The summed E-state index contributed by atoms with van der Waals surface area (Å²) in [7, 11) is 1.36. The summed E-state index contributed by atoms with van der Waals surface area (Å²) in [4.78, 5) is 30.4. The van der Waals surface area contributed by atoms with Gasteiger partial charge in [-0.25, -0.2) is 4.79 Å². The van der Waals surface area contributed by atoms with Crippen molar-refractivity contribution < 1.29 is 14.3 Å². The number of benzene rings is 1. The van der Waals surface area contributed by atoms with Crippen molar-refractivity contribution in [2.45, 2.75) is 26.8 Å². The van der Waals surface area contributed by atoms with Crippen LogP contribution in [0.15, 0.2) is 24.3 Å². The van der Waals surface area contributed by atoms with E-state index in [1.807, 2.05) is 32.0 Å². The molecular formula is C22H28ClN3O3S. The van der Waals surface area contributed by atoms with Crippen molar-refractivity contribution in [3.05, 3.63) is 50.9 Å². The van der Waals surface area contributed by atoms with Crippen LogP contribution in [0.25, 0.3) is 0 Å². The second-order valence-corrected chi connectivity index (χ2v) is 9.01. The average molecular weight is 450 g/mol. The third kappa shape index (κ3) is 5.40. The Hall–Kier alpha value is -1.93. The Morgan fingerprint density at radius 3 is 2.47 bits per heavy atom. The van der Waals surface area contributed by atoms with Crippen molar-refractivity contribution in [2.24, 2.45) is 0 Å². The number of esters is 1. The highest BCUT2D eigenvalue weighted by Crippen LogP contribution is 2.34. The quantitative estimate of drug-likeness (QED) is 0.651. The van der Waals surface area contributed by atoms with Gasteiger partial charge in [0.05, 0.1) is 19.2 Å². The van der Waals surface area contributed by atoms with Gasteiger partial charge in [-0.1, -0.05) is 36.7 Å². The van der Waals surface area contributed by atoms with Gasteiger partial charge < -0.3 is 10.1 Å². The summed E-state index contributed by atoms with van der Waals surface area (Å²) in [5.41, 5.74) is 2.55. The number of halogens is 1. The lowest BCUT2D eigenvalue weighted by Crippen LogP contribution is -2.48. The topological polar surface area (TPSA) is 61.9 Å². The predicted molar refractivity (Wildman–Crippen MR) is 122 cm³/mol. The second kappa shape index (κ2) is 10.4. The molecule has 0 bridgehead atoms. The summed E-state index contributed by atoms with van der Waals surface area (Å²) in [5.74, 6) is -0.511. The molecule has 8 heteroatoms. The second-order valence-electron chi connectivity index (χ2n) is 7.38. The van der Waals surface area contributed by atoms with Crippen LogP contribution in [0.1, 0.15) is 33.3 Å². The lowest BCUT2D eigenvalue weighted by Gasteiger charge is -2.34. The summed E-state index contributed by atoms with van der Waals surface area (Å²) in [5, 5.41) is 4.31. The highest BCUT2D eigenvalue weighted by molar-refractivity contribution is 7.16. The Morgan fingerprint density at radius 2 is 1.83 bits per heavy atom. The molecule has 1 aliphatic rings. The highest BCUT2D eigenvalue weighted by Gasteiger charge is 2.24. The molecule has 3 rings (SSSR count). The first-order valence-electron chi connectivity index (χ1n) is 10.1. The minimum absolute atomic E-state index is 0.108. The first-order valence-corrected chi connectivity index (χ1v) is 11.3. The van der Waals surface area contributed by atoms with Crippen molar-refractivity contribution in [1.82, 2.24) is 9.80 Å². The summed E-state index contributed by atoms with van der Waals surface area (Å²) >= 11 is 7.70. The molecule has 1 amide bonds. The van der Waals surface area contributed by atoms with Gasteiger partial charge >= 0.3 is 5.97 Å². The zero-order valence-electron chi connectivity index (χ0n) is 17.7. The molecule has 162 valence electrons. The maximum absolute atomic E-state index is 12.6. The summed E-state index contributed by atoms with van der Waals surface area (Å²) in [6.07, 6.45) is 0.718. The van der Waals surface area contributed by atoms with Crippen molar-refractivity contribution in [2.75, 3.05) is 45.2 Å². The minimum atomic E-state index is -0.403. The van der Waals surface area contributed by atoms with E-state index in [4.69, 9.17) is 16.3 Å². The van der Waals surface area contributed by atoms with Gasteiger partial charge in [0.1, 0.15) is 5.00 Å². The number of methoxy groups -OCH3 is 1. The van der Waals surface area contributed by atoms with E-state index in [1.165, 1.54) is 18.4 Å². The van der Waals surface area contributed by atoms with E-state index in [1.54, 1.807) is 0 Å². The van der Waals surface area contributed by atoms with E-state index >= 15 is 0 Å². The van der Waals surface area contributed by atoms with Gasteiger partial charge in [-0.2, -0.15) is 0 Å². The maximum atomic E-state index is 12.6. The number of ether oxygens (including phenoxy) is 1. The molecule has 30 heavy (non-hydrogen) atoms. The summed E-state index contributed by atoms with van der Waals surface area (Å²) < 4.78 is 4.92. The number of anilines is 1. The third-order valence-electron chi connectivity index (χ3n) is 5.39. The number of carbonyl (C=O) groups excluding carboxylic acids is 2. The summed E-state index contributed by atoms with van der Waals surface area (Å²) in [6.45, 7) is 8.46. The SMILES string of the molecule is CCc1c(C)sc(NC(=O)CN2CCN(Cc3ccccc3Cl)CC2)c1C(=O)OC. The number of amides is 1. The van der Waals surface area contributed by atoms with Crippen molar-refractivity contribution >= 4 is 39.8 Å². The van der Waals surface area contributed by atoms with E-state index in [0.717, 1.165) is 60.2 Å². The Bertz CT molecular complexity index is 907. The number of nitrogens with zero attached hydrogens (tertiary/aromatic N) is 2. The zero-order valence-corrected chi connectivity index (χ0v) is 19.2. The first-order chi connectivity index (χ1) is 14.4. The van der Waals surface area contributed by atoms with E-state index in [2.05, 4.69) is 21.2 Å². The molecule has 1 aliphatic heterocycles. The molecule has 1 aromatic carbocycles. The highest BCUT2D eigenvalue weighted by atomic mass is 35.5. The van der Waals surface area contributed by atoms with Gasteiger partial charge in [-0.05, 0) is 30.5 Å². The van der Waals surface area contributed by atoms with E-state index in [9.17, 15) is 9.59 Å². The fourth-order valence-corrected chi connectivity index (χ4v) is 5.10. The molecule has 0 spiro atoms. The maximum Gasteiger partial charge on any atom is 0.341 e. The Labute approximate surface area is 186 Å². The third-order valence-corrected chi connectivity index (χ3v) is 6.82. The molecular weight excluding hydrogens is 422 g/mol. The standard InChI is InChI=1S/C22H28ClN3O3S/c1-4-17-15(2)30-21(20(17)22(28)29-3)24-19(27)14-26-11-9-25(10-12-26)13-16-7-5-6-8-18(16)23/h5-8H,4,9-14H2,1-3H3,(H,24,27).